The van der Waals surface area contributed by atoms with Gasteiger partial charge in [-0.3, -0.25) is 0 Å². The first kappa shape index (κ1) is 12.8. The van der Waals surface area contributed by atoms with Gasteiger partial charge < -0.3 is 9.84 Å². The molecule has 0 radical (unpaired) electrons. The lowest BCUT2D eigenvalue weighted by Crippen LogP contribution is -2.50. The molecule has 0 amide bonds. The second-order valence-electron chi connectivity index (χ2n) is 5.99. The minimum absolute atomic E-state index is 0.0722. The Bertz CT molecular complexity index is 390. The Labute approximate surface area is 104 Å². The van der Waals surface area contributed by atoms with E-state index >= 15 is 0 Å². The zero-order chi connectivity index (χ0) is 12.8. The Balaban J connectivity index is 2.50. The van der Waals surface area contributed by atoms with E-state index in [9.17, 15) is 5.11 Å². The van der Waals surface area contributed by atoms with Crippen molar-refractivity contribution in [3.05, 3.63) is 22.8 Å². The number of ether oxygens (including phenoxy) is 1. The number of rotatable bonds is 1. The monoisotopic (exact) mass is 236 g/mol. The maximum absolute atomic E-state index is 10.0. The van der Waals surface area contributed by atoms with Gasteiger partial charge in [0.05, 0.1) is 11.7 Å². The van der Waals surface area contributed by atoms with E-state index < -0.39 is 6.10 Å². The standard InChI is InChI=1S/C15H24O2/c1-6-15-11(3)10(2)13(16)9-12(15)7-8-14(4,5)17-15/h9,13,16H,6-8H2,1-5H3. The smallest absolute Gasteiger partial charge is 0.111 e. The Hall–Kier alpha value is -0.600. The predicted molar refractivity (Wildman–Crippen MR) is 69.9 cm³/mol. The molecule has 2 rings (SSSR count). The van der Waals surface area contributed by atoms with Crippen LogP contribution >= 0.6 is 0 Å². The van der Waals surface area contributed by atoms with Gasteiger partial charge in [-0.05, 0) is 69.8 Å². The van der Waals surface area contributed by atoms with Gasteiger partial charge in [0.15, 0.2) is 0 Å². The normalized spacial score (nSPS) is 36.6. The van der Waals surface area contributed by atoms with Crippen molar-refractivity contribution in [3.63, 3.8) is 0 Å². The molecule has 0 bridgehead atoms. The lowest BCUT2D eigenvalue weighted by molar-refractivity contribution is -0.130. The average Bonchev–Trinajstić information content (AvgIpc) is 2.27. The van der Waals surface area contributed by atoms with Crippen LogP contribution in [0.15, 0.2) is 22.8 Å². The molecule has 0 saturated carbocycles. The molecule has 0 spiro atoms. The molecule has 2 nitrogen and oxygen atoms in total. The summed E-state index contributed by atoms with van der Waals surface area (Å²) < 4.78 is 6.41. The molecule has 17 heavy (non-hydrogen) atoms. The van der Waals surface area contributed by atoms with Crippen molar-refractivity contribution in [1.29, 1.82) is 0 Å². The molecule has 2 unspecified atom stereocenters. The van der Waals surface area contributed by atoms with E-state index in [1.807, 2.05) is 13.0 Å². The molecule has 1 heterocycles. The van der Waals surface area contributed by atoms with Gasteiger partial charge in [0.1, 0.15) is 5.60 Å². The maximum atomic E-state index is 10.0. The fourth-order valence-electron chi connectivity index (χ4n) is 3.18. The fraction of sp³-hybridized carbons (Fsp3) is 0.733. The van der Waals surface area contributed by atoms with E-state index in [4.69, 9.17) is 4.74 Å². The highest BCUT2D eigenvalue weighted by atomic mass is 16.5. The molecule has 2 heteroatoms. The Kier molecular flexibility index (Phi) is 2.99. The predicted octanol–water partition coefficient (Wildman–Crippen LogP) is 3.36. The number of hydrogen-bond donors (Lipinski definition) is 1. The molecule has 0 aromatic rings. The van der Waals surface area contributed by atoms with Crippen LogP contribution in [0.25, 0.3) is 0 Å². The third-order valence-electron chi connectivity index (χ3n) is 4.46. The highest BCUT2D eigenvalue weighted by molar-refractivity contribution is 5.44. The van der Waals surface area contributed by atoms with Crippen LogP contribution in [0.4, 0.5) is 0 Å². The molecular weight excluding hydrogens is 212 g/mol. The molecule has 1 aliphatic carbocycles. The summed E-state index contributed by atoms with van der Waals surface area (Å²) in [5.74, 6) is 0. The van der Waals surface area contributed by atoms with Crippen molar-refractivity contribution >= 4 is 0 Å². The molecule has 96 valence electrons. The Morgan fingerprint density at radius 2 is 2.06 bits per heavy atom. The summed E-state index contributed by atoms with van der Waals surface area (Å²) in [6.45, 7) is 10.6. The summed E-state index contributed by atoms with van der Waals surface area (Å²) in [5, 5.41) is 10.0. The van der Waals surface area contributed by atoms with Crippen molar-refractivity contribution in [2.75, 3.05) is 0 Å². The van der Waals surface area contributed by atoms with Gasteiger partial charge in [0.2, 0.25) is 0 Å². The van der Waals surface area contributed by atoms with E-state index in [0.717, 1.165) is 24.8 Å². The van der Waals surface area contributed by atoms with Crippen molar-refractivity contribution < 1.29 is 9.84 Å². The lowest BCUT2D eigenvalue weighted by Gasteiger charge is -2.50. The highest BCUT2D eigenvalue weighted by Crippen LogP contribution is 2.48. The first-order valence-electron chi connectivity index (χ1n) is 6.59. The SMILES string of the molecule is CCC12OC(C)(C)CCC1=CC(O)C(C)=C2C. The first-order valence-corrected chi connectivity index (χ1v) is 6.59. The van der Waals surface area contributed by atoms with Gasteiger partial charge in [-0.1, -0.05) is 6.92 Å². The van der Waals surface area contributed by atoms with E-state index in [-0.39, 0.29) is 11.2 Å². The molecule has 1 aliphatic heterocycles. The van der Waals surface area contributed by atoms with Crippen LogP contribution in [0.2, 0.25) is 0 Å². The summed E-state index contributed by atoms with van der Waals surface area (Å²) in [6, 6.07) is 0. The van der Waals surface area contributed by atoms with Gasteiger partial charge in [-0.25, -0.2) is 0 Å². The summed E-state index contributed by atoms with van der Waals surface area (Å²) in [5.41, 5.74) is 3.20. The quantitative estimate of drug-likeness (QED) is 0.707. The summed E-state index contributed by atoms with van der Waals surface area (Å²) in [7, 11) is 0. The fourth-order valence-corrected chi connectivity index (χ4v) is 3.18. The van der Waals surface area contributed by atoms with Gasteiger partial charge in [0, 0.05) is 0 Å². The zero-order valence-electron chi connectivity index (χ0n) is 11.6. The van der Waals surface area contributed by atoms with E-state index in [1.54, 1.807) is 0 Å². The topological polar surface area (TPSA) is 29.5 Å². The van der Waals surface area contributed by atoms with Gasteiger partial charge in [0.25, 0.3) is 0 Å². The minimum atomic E-state index is -0.422. The van der Waals surface area contributed by atoms with Gasteiger partial charge in [-0.15, -0.1) is 0 Å². The Morgan fingerprint density at radius 1 is 1.41 bits per heavy atom. The van der Waals surface area contributed by atoms with Gasteiger partial charge >= 0.3 is 0 Å². The average molecular weight is 236 g/mol. The molecule has 0 aromatic carbocycles. The number of fused-ring (bicyclic) bond motifs is 1. The Morgan fingerprint density at radius 3 is 2.65 bits per heavy atom. The first-order chi connectivity index (χ1) is 7.82. The zero-order valence-corrected chi connectivity index (χ0v) is 11.6. The third-order valence-corrected chi connectivity index (χ3v) is 4.46. The molecule has 2 aliphatic rings. The van der Waals surface area contributed by atoms with Crippen molar-refractivity contribution in [2.45, 2.75) is 71.2 Å². The van der Waals surface area contributed by atoms with Crippen LogP contribution in [0, 0.1) is 0 Å². The summed E-state index contributed by atoms with van der Waals surface area (Å²) in [6.07, 6.45) is 4.58. The van der Waals surface area contributed by atoms with Crippen molar-refractivity contribution in [2.24, 2.45) is 0 Å². The number of hydrogen-bond acceptors (Lipinski definition) is 2. The number of aliphatic hydroxyl groups excluding tert-OH is 1. The van der Waals surface area contributed by atoms with Crippen LogP contribution in [-0.2, 0) is 4.74 Å². The van der Waals surface area contributed by atoms with Crippen molar-refractivity contribution in [3.8, 4) is 0 Å². The largest absolute Gasteiger partial charge is 0.385 e. The molecule has 2 atom stereocenters. The summed E-state index contributed by atoms with van der Waals surface area (Å²) in [4.78, 5) is 0. The molecule has 1 N–H and O–H groups in total. The second kappa shape index (κ2) is 3.96. The molecule has 1 fully saturated rings. The van der Waals surface area contributed by atoms with Crippen LogP contribution in [0.3, 0.4) is 0 Å². The molecular formula is C15H24O2. The van der Waals surface area contributed by atoms with Crippen LogP contribution in [0.5, 0.6) is 0 Å². The molecule has 1 saturated heterocycles. The van der Waals surface area contributed by atoms with Crippen LogP contribution in [-0.4, -0.2) is 22.4 Å². The van der Waals surface area contributed by atoms with E-state index in [1.165, 1.54) is 11.1 Å². The van der Waals surface area contributed by atoms with Gasteiger partial charge in [-0.2, -0.15) is 0 Å². The number of aliphatic hydroxyl groups is 1. The highest BCUT2D eigenvalue weighted by Gasteiger charge is 2.47. The minimum Gasteiger partial charge on any atom is -0.385 e. The molecule has 0 aromatic heterocycles. The third kappa shape index (κ3) is 1.88. The second-order valence-corrected chi connectivity index (χ2v) is 5.99. The maximum Gasteiger partial charge on any atom is 0.111 e. The van der Waals surface area contributed by atoms with Crippen molar-refractivity contribution in [1.82, 2.24) is 0 Å². The van der Waals surface area contributed by atoms with Crippen LogP contribution < -0.4 is 0 Å². The lowest BCUT2D eigenvalue weighted by atomic mass is 9.71. The summed E-state index contributed by atoms with van der Waals surface area (Å²) >= 11 is 0. The van der Waals surface area contributed by atoms with E-state index in [2.05, 4.69) is 27.7 Å². The van der Waals surface area contributed by atoms with E-state index in [0.29, 0.717) is 0 Å². The van der Waals surface area contributed by atoms with Crippen LogP contribution in [0.1, 0.15) is 53.9 Å².